The van der Waals surface area contributed by atoms with Crippen molar-refractivity contribution >= 4 is 18.3 Å². The molecule has 2 unspecified atom stereocenters. The second-order valence-corrected chi connectivity index (χ2v) is 5.82. The van der Waals surface area contributed by atoms with Gasteiger partial charge in [-0.05, 0) is 43.5 Å². The van der Waals surface area contributed by atoms with Crippen molar-refractivity contribution in [1.29, 1.82) is 0 Å². The molecule has 0 aliphatic carbocycles. The summed E-state index contributed by atoms with van der Waals surface area (Å²) in [6.45, 7) is 3.91. The van der Waals surface area contributed by atoms with Crippen LogP contribution >= 0.6 is 12.4 Å². The first-order valence-corrected chi connectivity index (χ1v) is 7.73. The average molecular weight is 327 g/mol. The number of ether oxygens (including phenoxy) is 1. The van der Waals surface area contributed by atoms with Gasteiger partial charge in [-0.1, -0.05) is 19.1 Å². The van der Waals surface area contributed by atoms with Crippen LogP contribution < -0.4 is 10.1 Å². The highest BCUT2D eigenvalue weighted by Crippen LogP contribution is 2.25. The monoisotopic (exact) mass is 326 g/mol. The fourth-order valence-corrected chi connectivity index (χ4v) is 3.04. The summed E-state index contributed by atoms with van der Waals surface area (Å²) in [5.74, 6) is 1.36. The van der Waals surface area contributed by atoms with Gasteiger partial charge in [-0.2, -0.15) is 0 Å². The molecule has 2 rings (SSSR count). The molecule has 0 spiro atoms. The van der Waals surface area contributed by atoms with Crippen molar-refractivity contribution < 1.29 is 9.53 Å². The van der Waals surface area contributed by atoms with Gasteiger partial charge in [0.15, 0.2) is 0 Å². The Morgan fingerprint density at radius 1 is 1.41 bits per heavy atom. The van der Waals surface area contributed by atoms with Gasteiger partial charge in [-0.25, -0.2) is 0 Å². The lowest BCUT2D eigenvalue weighted by molar-refractivity contribution is -0.132. The van der Waals surface area contributed by atoms with E-state index in [1.54, 1.807) is 7.11 Å². The molecule has 1 fully saturated rings. The fraction of sp³-hybridized carbons (Fsp3) is 0.588. The number of rotatable bonds is 6. The zero-order chi connectivity index (χ0) is 15.2. The van der Waals surface area contributed by atoms with Crippen molar-refractivity contribution in [2.45, 2.75) is 38.1 Å². The van der Waals surface area contributed by atoms with E-state index in [1.165, 1.54) is 5.56 Å². The molecule has 1 N–H and O–H groups in total. The molecule has 0 aromatic heterocycles. The number of methoxy groups -OCH3 is 1. The number of nitrogens with zero attached hydrogens (tertiary/aromatic N) is 1. The van der Waals surface area contributed by atoms with Gasteiger partial charge < -0.3 is 15.0 Å². The van der Waals surface area contributed by atoms with Crippen molar-refractivity contribution in [2.24, 2.45) is 0 Å². The minimum atomic E-state index is 0. The topological polar surface area (TPSA) is 41.6 Å². The van der Waals surface area contributed by atoms with Crippen molar-refractivity contribution in [2.75, 3.05) is 27.2 Å². The van der Waals surface area contributed by atoms with Crippen LogP contribution in [0.15, 0.2) is 24.3 Å². The summed E-state index contributed by atoms with van der Waals surface area (Å²) in [7, 11) is 3.61. The van der Waals surface area contributed by atoms with Crippen LogP contribution in [0.5, 0.6) is 5.75 Å². The number of halogens is 1. The van der Waals surface area contributed by atoms with E-state index in [0.29, 0.717) is 12.5 Å². The van der Waals surface area contributed by atoms with Crippen LogP contribution in [-0.2, 0) is 4.79 Å². The number of likely N-dealkylation sites (N-methyl/N-ethyl adjacent to an activating group) is 1. The highest BCUT2D eigenvalue weighted by atomic mass is 35.5. The van der Waals surface area contributed by atoms with Crippen molar-refractivity contribution in [3.05, 3.63) is 29.8 Å². The summed E-state index contributed by atoms with van der Waals surface area (Å²) in [5, 5.41) is 3.18. The highest BCUT2D eigenvalue weighted by Gasteiger charge is 2.28. The van der Waals surface area contributed by atoms with Crippen molar-refractivity contribution in [3.63, 3.8) is 0 Å². The number of hydrogen-bond donors (Lipinski definition) is 1. The molecule has 1 heterocycles. The Balaban J connectivity index is 0.00000242. The third kappa shape index (κ3) is 4.62. The molecule has 124 valence electrons. The number of carbonyl (C=O) groups excluding carboxylic acids is 1. The molecule has 1 amide bonds. The van der Waals surface area contributed by atoms with Crippen LogP contribution in [-0.4, -0.2) is 44.1 Å². The molecule has 1 aliphatic rings. The van der Waals surface area contributed by atoms with Gasteiger partial charge in [-0.15, -0.1) is 12.4 Å². The molecule has 0 bridgehead atoms. The third-order valence-corrected chi connectivity index (χ3v) is 4.30. The fourth-order valence-electron chi connectivity index (χ4n) is 3.04. The van der Waals surface area contributed by atoms with Crippen LogP contribution in [0.2, 0.25) is 0 Å². The second-order valence-electron chi connectivity index (χ2n) is 5.82. The van der Waals surface area contributed by atoms with E-state index in [1.807, 2.05) is 31.3 Å². The molecule has 1 aromatic carbocycles. The minimum absolute atomic E-state index is 0. The Kier molecular flexibility index (Phi) is 7.69. The summed E-state index contributed by atoms with van der Waals surface area (Å²) in [6, 6.07) is 8.37. The molecule has 1 aliphatic heterocycles. The summed E-state index contributed by atoms with van der Waals surface area (Å²) in [5.41, 5.74) is 1.19. The predicted octanol–water partition coefficient (Wildman–Crippen LogP) is 2.82. The Labute approximate surface area is 139 Å². The maximum absolute atomic E-state index is 12.5. The summed E-state index contributed by atoms with van der Waals surface area (Å²) >= 11 is 0. The molecular weight excluding hydrogens is 300 g/mol. The summed E-state index contributed by atoms with van der Waals surface area (Å²) in [6.07, 6.45) is 2.81. The summed E-state index contributed by atoms with van der Waals surface area (Å²) < 4.78 is 5.17. The zero-order valence-electron chi connectivity index (χ0n) is 13.7. The first-order chi connectivity index (χ1) is 10.2. The number of carbonyl (C=O) groups is 1. The average Bonchev–Trinajstić information content (AvgIpc) is 2.96. The Morgan fingerprint density at radius 3 is 2.68 bits per heavy atom. The first kappa shape index (κ1) is 18.8. The smallest absolute Gasteiger partial charge is 0.223 e. The van der Waals surface area contributed by atoms with E-state index in [9.17, 15) is 4.79 Å². The number of likely N-dealkylation sites (tertiary alicyclic amines) is 1. The number of benzene rings is 1. The number of amides is 1. The largest absolute Gasteiger partial charge is 0.497 e. The lowest BCUT2D eigenvalue weighted by atomic mass is 9.97. The molecule has 5 heteroatoms. The summed E-state index contributed by atoms with van der Waals surface area (Å²) in [4.78, 5) is 14.6. The molecule has 0 saturated carbocycles. The van der Waals surface area contributed by atoms with Gasteiger partial charge in [0, 0.05) is 25.6 Å². The van der Waals surface area contributed by atoms with E-state index in [0.717, 1.165) is 31.7 Å². The van der Waals surface area contributed by atoms with E-state index in [2.05, 4.69) is 17.1 Å². The second kappa shape index (κ2) is 9.01. The van der Waals surface area contributed by atoms with Crippen LogP contribution in [0.3, 0.4) is 0 Å². The Hall–Kier alpha value is -1.26. The highest BCUT2D eigenvalue weighted by molar-refractivity contribution is 5.85. The number of hydrogen-bond acceptors (Lipinski definition) is 3. The molecule has 22 heavy (non-hydrogen) atoms. The first-order valence-electron chi connectivity index (χ1n) is 7.73. The Bertz CT molecular complexity index is 464. The quantitative estimate of drug-likeness (QED) is 0.874. The van der Waals surface area contributed by atoms with E-state index in [4.69, 9.17) is 4.74 Å². The van der Waals surface area contributed by atoms with Gasteiger partial charge in [0.05, 0.1) is 7.11 Å². The van der Waals surface area contributed by atoms with Crippen LogP contribution in [0.1, 0.15) is 37.7 Å². The molecule has 1 saturated heterocycles. The van der Waals surface area contributed by atoms with Crippen LogP contribution in [0.25, 0.3) is 0 Å². The van der Waals surface area contributed by atoms with Gasteiger partial charge in [0.25, 0.3) is 0 Å². The lowest BCUT2D eigenvalue weighted by Gasteiger charge is -2.26. The standard InChI is InChI=1S/C17H26N2O2.ClH/c1-13(14-6-8-16(21-3)9-7-14)11-17(20)19-10-4-5-15(19)12-18-2;/h6-9,13,15,18H,4-5,10-12H2,1-3H3;1H. The third-order valence-electron chi connectivity index (χ3n) is 4.30. The van der Waals surface area contributed by atoms with Gasteiger partial charge in [0.2, 0.25) is 5.91 Å². The van der Waals surface area contributed by atoms with E-state index in [-0.39, 0.29) is 24.2 Å². The zero-order valence-corrected chi connectivity index (χ0v) is 14.5. The SMILES string of the molecule is CNCC1CCCN1C(=O)CC(C)c1ccc(OC)cc1.Cl. The van der Waals surface area contributed by atoms with Crippen molar-refractivity contribution in [1.82, 2.24) is 10.2 Å². The van der Waals surface area contributed by atoms with E-state index >= 15 is 0 Å². The minimum Gasteiger partial charge on any atom is -0.497 e. The normalized spacial score (nSPS) is 18.7. The van der Waals surface area contributed by atoms with Gasteiger partial charge in [0.1, 0.15) is 5.75 Å². The molecule has 4 nitrogen and oxygen atoms in total. The van der Waals surface area contributed by atoms with Crippen molar-refractivity contribution in [3.8, 4) is 5.75 Å². The number of nitrogens with one attached hydrogen (secondary N) is 1. The predicted molar refractivity (Wildman–Crippen MR) is 91.9 cm³/mol. The van der Waals surface area contributed by atoms with Crippen LogP contribution in [0, 0.1) is 0 Å². The lowest BCUT2D eigenvalue weighted by Crippen LogP contribution is -2.41. The van der Waals surface area contributed by atoms with Gasteiger partial charge >= 0.3 is 0 Å². The molecule has 1 aromatic rings. The maximum atomic E-state index is 12.5. The molecule has 2 atom stereocenters. The molecule has 0 radical (unpaired) electrons. The molecular formula is C17H27ClN2O2. The van der Waals surface area contributed by atoms with Crippen LogP contribution in [0.4, 0.5) is 0 Å². The van der Waals surface area contributed by atoms with E-state index < -0.39 is 0 Å². The Morgan fingerprint density at radius 2 is 2.09 bits per heavy atom. The van der Waals surface area contributed by atoms with Gasteiger partial charge in [-0.3, -0.25) is 4.79 Å². The maximum Gasteiger partial charge on any atom is 0.223 e.